The van der Waals surface area contributed by atoms with Crippen LogP contribution in [0.15, 0.2) is 16.6 Å². The molecule has 0 bridgehead atoms. The van der Waals surface area contributed by atoms with E-state index in [1.54, 1.807) is 12.1 Å². The number of hydrogen-bond donors (Lipinski definition) is 2. The first-order chi connectivity index (χ1) is 8.85. The van der Waals surface area contributed by atoms with Gasteiger partial charge in [-0.25, -0.2) is 0 Å². The van der Waals surface area contributed by atoms with Gasteiger partial charge in [-0.1, -0.05) is 0 Å². The first-order valence-electron chi connectivity index (χ1n) is 5.38. The van der Waals surface area contributed by atoms with Crippen LogP contribution in [0.3, 0.4) is 0 Å². The topological polar surface area (TPSA) is 98.8 Å². The molecule has 0 aliphatic heterocycles. The number of carboxylic acid groups (broad SMARTS) is 1. The number of halogens is 1. The fourth-order valence-electron chi connectivity index (χ4n) is 1.50. The lowest BCUT2D eigenvalue weighted by Crippen LogP contribution is -2.15. The Bertz CT molecular complexity index is 503. The van der Waals surface area contributed by atoms with E-state index >= 15 is 0 Å². The number of ether oxygens (including phenoxy) is 2. The zero-order valence-corrected chi connectivity index (χ0v) is 12.1. The SMILES string of the molecule is COc1cc(C(N)CC(=O)O)cc(Br)c1OC(C)=O. The average Bonchev–Trinajstić information content (AvgIpc) is 2.29. The number of esters is 1. The van der Waals surface area contributed by atoms with Crippen LogP contribution in [0.25, 0.3) is 0 Å². The van der Waals surface area contributed by atoms with Gasteiger partial charge in [0.05, 0.1) is 18.0 Å². The number of nitrogens with two attached hydrogens (primary N) is 1. The minimum absolute atomic E-state index is 0.206. The summed E-state index contributed by atoms with van der Waals surface area (Å²) in [5.41, 5.74) is 6.35. The summed E-state index contributed by atoms with van der Waals surface area (Å²) >= 11 is 3.24. The average molecular weight is 332 g/mol. The van der Waals surface area contributed by atoms with Crippen LogP contribution < -0.4 is 15.2 Å². The predicted molar refractivity (Wildman–Crippen MR) is 71.2 cm³/mol. The van der Waals surface area contributed by atoms with Crippen LogP contribution in [0.4, 0.5) is 0 Å². The highest BCUT2D eigenvalue weighted by molar-refractivity contribution is 9.10. The summed E-state index contributed by atoms with van der Waals surface area (Å²) in [7, 11) is 1.42. The van der Waals surface area contributed by atoms with Crippen LogP contribution in [0.5, 0.6) is 11.5 Å². The number of carbonyl (C=O) groups excluding carboxylic acids is 1. The number of carbonyl (C=O) groups is 2. The van der Waals surface area contributed by atoms with E-state index in [1.807, 2.05) is 0 Å². The minimum Gasteiger partial charge on any atom is -0.493 e. The van der Waals surface area contributed by atoms with E-state index in [2.05, 4.69) is 15.9 Å². The summed E-state index contributed by atoms with van der Waals surface area (Å²) < 4.78 is 10.6. The van der Waals surface area contributed by atoms with Gasteiger partial charge in [0.1, 0.15) is 0 Å². The highest BCUT2D eigenvalue weighted by atomic mass is 79.9. The van der Waals surface area contributed by atoms with Crippen molar-refractivity contribution in [1.82, 2.24) is 0 Å². The van der Waals surface area contributed by atoms with Crippen molar-refractivity contribution in [2.24, 2.45) is 5.73 Å². The largest absolute Gasteiger partial charge is 0.493 e. The zero-order valence-electron chi connectivity index (χ0n) is 10.5. The molecule has 0 radical (unpaired) electrons. The van der Waals surface area contributed by atoms with E-state index < -0.39 is 18.0 Å². The quantitative estimate of drug-likeness (QED) is 0.631. The first-order valence-corrected chi connectivity index (χ1v) is 6.17. The second-order valence-corrected chi connectivity index (χ2v) is 4.69. The molecule has 104 valence electrons. The Labute approximate surface area is 118 Å². The molecule has 3 N–H and O–H groups in total. The second kappa shape index (κ2) is 6.53. The Kier molecular flexibility index (Phi) is 5.31. The van der Waals surface area contributed by atoms with E-state index in [9.17, 15) is 9.59 Å². The van der Waals surface area contributed by atoms with Crippen molar-refractivity contribution < 1.29 is 24.2 Å². The maximum absolute atomic E-state index is 11.0. The normalized spacial score (nSPS) is 11.8. The van der Waals surface area contributed by atoms with Crippen LogP contribution >= 0.6 is 15.9 Å². The fraction of sp³-hybridized carbons (Fsp3) is 0.333. The van der Waals surface area contributed by atoms with E-state index in [0.29, 0.717) is 15.8 Å². The molecule has 0 fully saturated rings. The molecule has 0 aromatic heterocycles. The van der Waals surface area contributed by atoms with Gasteiger partial charge in [-0.3, -0.25) is 9.59 Å². The minimum atomic E-state index is -0.994. The zero-order chi connectivity index (χ0) is 14.6. The highest BCUT2D eigenvalue weighted by Gasteiger charge is 2.18. The van der Waals surface area contributed by atoms with Gasteiger partial charge in [0, 0.05) is 13.0 Å². The molecule has 1 atom stereocenters. The predicted octanol–water partition coefficient (Wildman–Crippen LogP) is 1.86. The molecule has 19 heavy (non-hydrogen) atoms. The highest BCUT2D eigenvalue weighted by Crippen LogP contribution is 2.38. The van der Waals surface area contributed by atoms with Crippen molar-refractivity contribution >= 4 is 27.9 Å². The summed E-state index contributed by atoms with van der Waals surface area (Å²) in [4.78, 5) is 21.6. The molecular formula is C12H14BrNO5. The molecular weight excluding hydrogens is 318 g/mol. The third kappa shape index (κ3) is 4.22. The Morgan fingerprint density at radius 1 is 1.47 bits per heavy atom. The summed E-state index contributed by atoms with van der Waals surface area (Å²) in [5.74, 6) is -0.935. The number of methoxy groups -OCH3 is 1. The molecule has 1 aromatic carbocycles. The number of aliphatic carboxylic acids is 1. The van der Waals surface area contributed by atoms with Crippen molar-refractivity contribution in [3.8, 4) is 11.5 Å². The summed E-state index contributed by atoms with van der Waals surface area (Å²) in [6, 6.07) is 2.49. The molecule has 0 amide bonds. The smallest absolute Gasteiger partial charge is 0.308 e. The first kappa shape index (κ1) is 15.5. The van der Waals surface area contributed by atoms with Gasteiger partial charge in [0.15, 0.2) is 11.5 Å². The molecule has 1 unspecified atom stereocenters. The van der Waals surface area contributed by atoms with Crippen LogP contribution in [0.1, 0.15) is 24.9 Å². The fourth-order valence-corrected chi connectivity index (χ4v) is 2.04. The summed E-state index contributed by atoms with van der Waals surface area (Å²) in [6.07, 6.45) is -0.206. The molecule has 0 heterocycles. The Morgan fingerprint density at radius 2 is 2.11 bits per heavy atom. The van der Waals surface area contributed by atoms with Gasteiger partial charge in [0.25, 0.3) is 0 Å². The van der Waals surface area contributed by atoms with E-state index in [1.165, 1.54) is 14.0 Å². The molecule has 1 aromatic rings. The third-order valence-corrected chi connectivity index (χ3v) is 2.91. The Hall–Kier alpha value is -1.60. The van der Waals surface area contributed by atoms with E-state index in [-0.39, 0.29) is 12.2 Å². The van der Waals surface area contributed by atoms with Crippen molar-refractivity contribution in [3.05, 3.63) is 22.2 Å². The van der Waals surface area contributed by atoms with Gasteiger partial charge >= 0.3 is 11.9 Å². The number of rotatable bonds is 5. The lowest BCUT2D eigenvalue weighted by atomic mass is 10.0. The van der Waals surface area contributed by atoms with Crippen LogP contribution in [0.2, 0.25) is 0 Å². The number of benzene rings is 1. The van der Waals surface area contributed by atoms with Crippen molar-refractivity contribution in [3.63, 3.8) is 0 Å². The molecule has 7 heteroatoms. The number of carboxylic acids is 1. The monoisotopic (exact) mass is 331 g/mol. The van der Waals surface area contributed by atoms with Gasteiger partial charge < -0.3 is 20.3 Å². The van der Waals surface area contributed by atoms with Gasteiger partial charge in [-0.05, 0) is 33.6 Å². The maximum atomic E-state index is 11.0. The van der Waals surface area contributed by atoms with Crippen LogP contribution in [0, 0.1) is 0 Å². The van der Waals surface area contributed by atoms with E-state index in [4.69, 9.17) is 20.3 Å². The Morgan fingerprint density at radius 3 is 2.58 bits per heavy atom. The van der Waals surface area contributed by atoms with Crippen molar-refractivity contribution in [2.45, 2.75) is 19.4 Å². The van der Waals surface area contributed by atoms with Gasteiger partial charge in [-0.2, -0.15) is 0 Å². The number of hydrogen-bond acceptors (Lipinski definition) is 5. The summed E-state index contributed by atoms with van der Waals surface area (Å²) in [5, 5.41) is 8.72. The molecule has 0 saturated heterocycles. The van der Waals surface area contributed by atoms with Crippen molar-refractivity contribution in [2.75, 3.05) is 7.11 Å². The molecule has 1 rings (SSSR count). The maximum Gasteiger partial charge on any atom is 0.308 e. The standard InChI is InChI=1S/C12H14BrNO5/c1-6(15)19-12-8(13)3-7(4-10(12)18-2)9(14)5-11(16)17/h3-4,9H,5,14H2,1-2H3,(H,16,17). The third-order valence-electron chi connectivity index (χ3n) is 2.32. The van der Waals surface area contributed by atoms with Crippen LogP contribution in [-0.2, 0) is 9.59 Å². The lowest BCUT2D eigenvalue weighted by Gasteiger charge is -2.15. The lowest BCUT2D eigenvalue weighted by molar-refractivity contribution is -0.137. The summed E-state index contributed by atoms with van der Waals surface area (Å²) in [6.45, 7) is 1.27. The van der Waals surface area contributed by atoms with Crippen LogP contribution in [-0.4, -0.2) is 24.2 Å². The molecule has 0 aliphatic carbocycles. The Balaban J connectivity index is 3.15. The second-order valence-electron chi connectivity index (χ2n) is 3.83. The van der Waals surface area contributed by atoms with Gasteiger partial charge in [-0.15, -0.1) is 0 Å². The molecule has 0 aliphatic rings. The van der Waals surface area contributed by atoms with Crippen molar-refractivity contribution in [1.29, 1.82) is 0 Å². The molecule has 0 spiro atoms. The molecule has 0 saturated carbocycles. The molecule has 6 nitrogen and oxygen atoms in total. The van der Waals surface area contributed by atoms with Gasteiger partial charge in [0.2, 0.25) is 0 Å². The van der Waals surface area contributed by atoms with E-state index in [0.717, 1.165) is 0 Å².